The molecule has 5 N–H and O–H groups in total. The van der Waals surface area contributed by atoms with E-state index >= 15 is 0 Å². The van der Waals surface area contributed by atoms with E-state index in [1.54, 1.807) is 18.3 Å². The smallest absolute Gasteiger partial charge is 0.0832 e. The van der Waals surface area contributed by atoms with Gasteiger partial charge in [0.25, 0.3) is 0 Å². The number of nitrogens with two attached hydrogens (primary N) is 1. The minimum absolute atomic E-state index is 0.140. The van der Waals surface area contributed by atoms with Crippen molar-refractivity contribution in [2.75, 3.05) is 24.3 Å². The maximum atomic E-state index is 9.50. The zero-order valence-electron chi connectivity index (χ0n) is 10.9. The zero-order chi connectivity index (χ0) is 13.9. The monoisotopic (exact) mass is 261 g/mol. The van der Waals surface area contributed by atoms with E-state index in [4.69, 9.17) is 5.73 Å². The van der Waals surface area contributed by atoms with Crippen molar-refractivity contribution in [2.24, 2.45) is 0 Å². The van der Waals surface area contributed by atoms with Gasteiger partial charge >= 0.3 is 0 Å². The van der Waals surface area contributed by atoms with E-state index in [0.29, 0.717) is 12.1 Å². The second-order valence-electron chi connectivity index (χ2n) is 4.71. The van der Waals surface area contributed by atoms with E-state index < -0.39 is 5.54 Å². The van der Waals surface area contributed by atoms with Gasteiger partial charge in [-0.15, -0.1) is 0 Å². The van der Waals surface area contributed by atoms with Crippen molar-refractivity contribution in [2.45, 2.75) is 18.9 Å². The summed E-state index contributed by atoms with van der Waals surface area (Å²) >= 11 is 0. The molecule has 0 atom stereocenters. The minimum Gasteiger partial charge on any atom is -0.399 e. The van der Waals surface area contributed by atoms with E-state index in [-0.39, 0.29) is 13.2 Å². The Balaban J connectivity index is 2.45. The van der Waals surface area contributed by atoms with Gasteiger partial charge in [-0.25, -0.2) is 0 Å². The van der Waals surface area contributed by atoms with E-state index in [0.717, 1.165) is 16.6 Å². The molecule has 0 spiro atoms. The number of anilines is 2. The van der Waals surface area contributed by atoms with Crippen molar-refractivity contribution in [3.8, 4) is 0 Å². The number of aromatic nitrogens is 1. The highest BCUT2D eigenvalue weighted by molar-refractivity contribution is 5.92. The first-order chi connectivity index (χ1) is 9.14. The van der Waals surface area contributed by atoms with Gasteiger partial charge in [0, 0.05) is 23.0 Å². The van der Waals surface area contributed by atoms with E-state index in [1.165, 1.54) is 0 Å². The van der Waals surface area contributed by atoms with Crippen LogP contribution in [0, 0.1) is 0 Å². The third-order valence-electron chi connectivity index (χ3n) is 3.45. The van der Waals surface area contributed by atoms with Gasteiger partial charge in [-0.3, -0.25) is 4.98 Å². The molecule has 0 aliphatic heterocycles. The normalized spacial score (nSPS) is 11.7. The summed E-state index contributed by atoms with van der Waals surface area (Å²) in [6.07, 6.45) is 2.29. The first kappa shape index (κ1) is 13.6. The van der Waals surface area contributed by atoms with Gasteiger partial charge in [-0.2, -0.15) is 0 Å². The number of aliphatic hydroxyl groups is 2. The number of rotatable bonds is 5. The van der Waals surface area contributed by atoms with Crippen LogP contribution in [0.1, 0.15) is 13.3 Å². The summed E-state index contributed by atoms with van der Waals surface area (Å²) < 4.78 is 0. The van der Waals surface area contributed by atoms with Gasteiger partial charge in [0.05, 0.1) is 24.3 Å². The van der Waals surface area contributed by atoms with Crippen molar-refractivity contribution in [1.29, 1.82) is 0 Å². The summed E-state index contributed by atoms with van der Waals surface area (Å²) in [4.78, 5) is 4.27. The molecule has 0 saturated heterocycles. The lowest BCUT2D eigenvalue weighted by Gasteiger charge is -2.31. The van der Waals surface area contributed by atoms with Crippen LogP contribution >= 0.6 is 0 Å². The Kier molecular flexibility index (Phi) is 3.87. The van der Waals surface area contributed by atoms with Gasteiger partial charge in [-0.05, 0) is 30.7 Å². The molecule has 0 fully saturated rings. The van der Waals surface area contributed by atoms with Gasteiger partial charge in [-0.1, -0.05) is 6.92 Å². The number of nitrogen functional groups attached to an aromatic ring is 1. The molecule has 2 rings (SSSR count). The maximum Gasteiger partial charge on any atom is 0.0832 e. The Morgan fingerprint density at radius 1 is 1.26 bits per heavy atom. The second kappa shape index (κ2) is 5.42. The summed E-state index contributed by atoms with van der Waals surface area (Å²) in [5, 5.41) is 23.1. The summed E-state index contributed by atoms with van der Waals surface area (Å²) in [5.74, 6) is 0. The predicted octanol–water partition coefficient (Wildman–Crippen LogP) is 1.36. The zero-order valence-corrected chi connectivity index (χ0v) is 10.9. The van der Waals surface area contributed by atoms with E-state index in [2.05, 4.69) is 10.3 Å². The Labute approximate surface area is 112 Å². The molecule has 0 unspecified atom stereocenters. The molecule has 0 aliphatic rings. The maximum absolute atomic E-state index is 9.50. The van der Waals surface area contributed by atoms with Gasteiger partial charge in [0.2, 0.25) is 0 Å². The average molecular weight is 261 g/mol. The molecule has 19 heavy (non-hydrogen) atoms. The largest absolute Gasteiger partial charge is 0.399 e. The van der Waals surface area contributed by atoms with Crippen LogP contribution in [0.3, 0.4) is 0 Å². The fourth-order valence-corrected chi connectivity index (χ4v) is 2.00. The minimum atomic E-state index is -0.727. The standard InChI is InChI=1S/C14H19N3O2/c1-2-14(8-18,9-19)17-12-5-6-16-13-7-10(15)3-4-11(12)13/h3-7,18-19H,2,8-9,15H2,1H3,(H,16,17). The fourth-order valence-electron chi connectivity index (χ4n) is 2.00. The number of hydrogen-bond donors (Lipinski definition) is 4. The molecular formula is C14H19N3O2. The molecule has 102 valence electrons. The predicted molar refractivity (Wildman–Crippen MR) is 77.0 cm³/mol. The van der Waals surface area contributed by atoms with Crippen LogP contribution in [-0.2, 0) is 0 Å². The SMILES string of the molecule is CCC(CO)(CO)Nc1ccnc2cc(N)ccc12. The van der Waals surface area contributed by atoms with Crippen molar-refractivity contribution in [3.05, 3.63) is 30.5 Å². The van der Waals surface area contributed by atoms with Crippen molar-refractivity contribution in [1.82, 2.24) is 4.98 Å². The van der Waals surface area contributed by atoms with Crippen molar-refractivity contribution in [3.63, 3.8) is 0 Å². The number of aliphatic hydroxyl groups excluding tert-OH is 2. The van der Waals surface area contributed by atoms with Gasteiger partial charge < -0.3 is 21.3 Å². The van der Waals surface area contributed by atoms with Crippen LogP contribution in [0.5, 0.6) is 0 Å². The van der Waals surface area contributed by atoms with Crippen LogP contribution in [0.2, 0.25) is 0 Å². The number of fused-ring (bicyclic) bond motifs is 1. The molecule has 1 aromatic heterocycles. The molecule has 0 aliphatic carbocycles. The molecule has 0 bridgehead atoms. The van der Waals surface area contributed by atoms with Crippen LogP contribution in [-0.4, -0.2) is 33.9 Å². The average Bonchev–Trinajstić information content (AvgIpc) is 2.44. The van der Waals surface area contributed by atoms with Crippen LogP contribution in [0.25, 0.3) is 10.9 Å². The molecule has 1 heterocycles. The number of benzene rings is 1. The molecule has 5 nitrogen and oxygen atoms in total. The van der Waals surface area contributed by atoms with E-state index in [9.17, 15) is 10.2 Å². The Morgan fingerprint density at radius 3 is 2.63 bits per heavy atom. The number of nitrogens with zero attached hydrogens (tertiary/aromatic N) is 1. The lowest BCUT2D eigenvalue weighted by molar-refractivity contribution is 0.132. The molecule has 0 radical (unpaired) electrons. The van der Waals surface area contributed by atoms with Gasteiger partial charge in [0.15, 0.2) is 0 Å². The quantitative estimate of drug-likeness (QED) is 0.610. The third kappa shape index (κ3) is 2.62. The molecule has 0 amide bonds. The highest BCUT2D eigenvalue weighted by atomic mass is 16.3. The first-order valence-corrected chi connectivity index (χ1v) is 6.28. The third-order valence-corrected chi connectivity index (χ3v) is 3.45. The highest BCUT2D eigenvalue weighted by Crippen LogP contribution is 2.27. The lowest BCUT2D eigenvalue weighted by Crippen LogP contribution is -2.45. The van der Waals surface area contributed by atoms with Crippen LogP contribution < -0.4 is 11.1 Å². The molecule has 2 aromatic rings. The van der Waals surface area contributed by atoms with E-state index in [1.807, 2.05) is 19.1 Å². The number of hydrogen-bond acceptors (Lipinski definition) is 5. The van der Waals surface area contributed by atoms with Crippen molar-refractivity contribution < 1.29 is 10.2 Å². The molecule has 5 heteroatoms. The molecule has 1 aromatic carbocycles. The topological polar surface area (TPSA) is 91.4 Å². The van der Waals surface area contributed by atoms with Crippen LogP contribution in [0.4, 0.5) is 11.4 Å². The van der Waals surface area contributed by atoms with Crippen LogP contribution in [0.15, 0.2) is 30.5 Å². The molecular weight excluding hydrogens is 242 g/mol. The second-order valence-corrected chi connectivity index (χ2v) is 4.71. The Hall–Kier alpha value is -1.85. The van der Waals surface area contributed by atoms with Gasteiger partial charge in [0.1, 0.15) is 0 Å². The fraction of sp³-hybridized carbons (Fsp3) is 0.357. The first-order valence-electron chi connectivity index (χ1n) is 6.28. The highest BCUT2D eigenvalue weighted by Gasteiger charge is 2.26. The summed E-state index contributed by atoms with van der Waals surface area (Å²) in [6.45, 7) is 1.64. The number of pyridine rings is 1. The summed E-state index contributed by atoms with van der Waals surface area (Å²) in [6, 6.07) is 7.32. The summed E-state index contributed by atoms with van der Waals surface area (Å²) in [5.41, 5.74) is 7.28. The van der Waals surface area contributed by atoms with Crippen molar-refractivity contribution >= 4 is 22.3 Å². The lowest BCUT2D eigenvalue weighted by atomic mass is 9.97. The number of nitrogens with one attached hydrogen (secondary N) is 1. The molecule has 0 saturated carbocycles. The summed E-state index contributed by atoms with van der Waals surface area (Å²) in [7, 11) is 0. The Morgan fingerprint density at radius 2 is 2.00 bits per heavy atom. The Bertz CT molecular complexity index is 559.